The molecule has 4 nitrogen and oxygen atoms in total. The second kappa shape index (κ2) is 2.34. The van der Waals surface area contributed by atoms with E-state index in [0.717, 1.165) is 5.52 Å². The molecule has 0 fully saturated rings. The Bertz CT molecular complexity index is 433. The molecule has 0 unspecified atom stereocenters. The van der Waals surface area contributed by atoms with Crippen LogP contribution in [0.25, 0.3) is 11.0 Å². The molecule has 0 saturated carbocycles. The monoisotopic (exact) mass is 160 g/mol. The van der Waals surface area contributed by atoms with E-state index in [1.54, 1.807) is 24.5 Å². The molecule has 2 N–H and O–H groups in total. The Morgan fingerprint density at radius 1 is 1.67 bits per heavy atom. The van der Waals surface area contributed by atoms with Gasteiger partial charge in [0.15, 0.2) is 0 Å². The summed E-state index contributed by atoms with van der Waals surface area (Å²) in [5, 5.41) is 0. The van der Waals surface area contributed by atoms with E-state index in [1.165, 1.54) is 4.57 Å². The van der Waals surface area contributed by atoms with Crippen molar-refractivity contribution in [2.24, 2.45) is 5.73 Å². The lowest BCUT2D eigenvalue weighted by atomic mass is 10.4. The van der Waals surface area contributed by atoms with Crippen molar-refractivity contribution in [3.8, 4) is 0 Å². The fourth-order valence-corrected chi connectivity index (χ4v) is 1.10. The average Bonchev–Trinajstić information content (AvgIpc) is 2.47. The largest absolute Gasteiger partial charge is 0.351 e. The Hall–Kier alpha value is -1.84. The number of hydrogen-bond donors (Lipinski definition) is 1. The van der Waals surface area contributed by atoms with Crippen LogP contribution in [0.5, 0.6) is 0 Å². The summed E-state index contributed by atoms with van der Waals surface area (Å²) in [7, 11) is 0. The smallest absolute Gasteiger partial charge is 0.323 e. The van der Waals surface area contributed by atoms with Crippen LogP contribution in [-0.4, -0.2) is 15.6 Å². The number of pyridine rings is 1. The molecule has 0 spiro atoms. The summed E-state index contributed by atoms with van der Waals surface area (Å²) in [5.74, 6) is 0. The van der Waals surface area contributed by atoms with Gasteiger partial charge in [0, 0.05) is 18.5 Å². The van der Waals surface area contributed by atoms with Crippen molar-refractivity contribution < 1.29 is 4.79 Å². The third-order valence-corrected chi connectivity index (χ3v) is 1.64. The van der Waals surface area contributed by atoms with Crippen LogP contribution < -0.4 is 5.73 Å². The summed E-state index contributed by atoms with van der Waals surface area (Å²) >= 11 is 0. The second-order valence-electron chi connectivity index (χ2n) is 2.36. The highest BCUT2D eigenvalue weighted by Crippen LogP contribution is 2.10. The van der Waals surface area contributed by atoms with E-state index in [4.69, 9.17) is 5.73 Å². The molecule has 12 heavy (non-hydrogen) atoms. The van der Waals surface area contributed by atoms with E-state index in [-0.39, 0.29) is 0 Å². The summed E-state index contributed by atoms with van der Waals surface area (Å²) in [4.78, 5) is 14.8. The lowest BCUT2D eigenvalue weighted by molar-refractivity contribution is 0.251. The summed E-state index contributed by atoms with van der Waals surface area (Å²) in [6, 6.07) is 5.67. The first-order valence-electron chi connectivity index (χ1n) is 3.42. The maximum Gasteiger partial charge on any atom is 0.323 e. The highest BCUT2D eigenvalue weighted by molar-refractivity contribution is 5.88. The van der Waals surface area contributed by atoms with Crippen LogP contribution in [-0.2, 0) is 0 Å². The molecule has 1 amide bonds. The minimum Gasteiger partial charge on any atom is -0.351 e. The van der Waals surface area contributed by atoms with Crippen LogP contribution in [0.1, 0.15) is 0 Å². The molecule has 4 heteroatoms. The number of amides is 1. The molecule has 2 aromatic heterocycles. The average molecular weight is 160 g/mol. The van der Waals surface area contributed by atoms with Gasteiger partial charge in [-0.05, 0) is 12.1 Å². The van der Waals surface area contributed by atoms with Crippen molar-refractivity contribution in [1.82, 2.24) is 9.55 Å². The van der Waals surface area contributed by atoms with E-state index in [1.807, 2.05) is 0 Å². The standard InChI is InChI=1S/C8H6N3O/c9-8(12)11-5-3-6-7(11)2-1-4-10-6/h2-5H,(H2,9,12). The maximum atomic E-state index is 10.8. The normalized spacial score (nSPS) is 10.3. The van der Waals surface area contributed by atoms with E-state index in [2.05, 4.69) is 11.1 Å². The van der Waals surface area contributed by atoms with E-state index in [0.29, 0.717) is 5.52 Å². The maximum absolute atomic E-state index is 10.8. The lowest BCUT2D eigenvalue weighted by Gasteiger charge is -1.95. The highest BCUT2D eigenvalue weighted by Gasteiger charge is 2.03. The third-order valence-electron chi connectivity index (χ3n) is 1.64. The minimum absolute atomic E-state index is 0.508. The molecule has 2 rings (SSSR count). The predicted octanol–water partition coefficient (Wildman–Crippen LogP) is 0.763. The predicted molar refractivity (Wildman–Crippen MR) is 43.6 cm³/mol. The topological polar surface area (TPSA) is 60.9 Å². The number of rotatable bonds is 0. The molecular formula is C8H6N3O. The SMILES string of the molecule is NC(=O)n1ccc2nc[c]cc21. The molecule has 0 aliphatic heterocycles. The molecule has 0 aromatic carbocycles. The Morgan fingerprint density at radius 2 is 2.50 bits per heavy atom. The molecule has 0 aliphatic rings. The van der Waals surface area contributed by atoms with Crippen LogP contribution in [0.15, 0.2) is 24.5 Å². The van der Waals surface area contributed by atoms with Gasteiger partial charge in [0.2, 0.25) is 0 Å². The first kappa shape index (κ1) is 6.84. The van der Waals surface area contributed by atoms with Crippen molar-refractivity contribution in [3.63, 3.8) is 0 Å². The van der Waals surface area contributed by atoms with Crippen molar-refractivity contribution in [3.05, 3.63) is 30.6 Å². The van der Waals surface area contributed by atoms with Crippen LogP contribution in [0.2, 0.25) is 0 Å². The van der Waals surface area contributed by atoms with Crippen molar-refractivity contribution >= 4 is 17.1 Å². The zero-order valence-corrected chi connectivity index (χ0v) is 6.19. The fraction of sp³-hybridized carbons (Fsp3) is 0. The van der Waals surface area contributed by atoms with Gasteiger partial charge in [-0.1, -0.05) is 0 Å². The van der Waals surface area contributed by atoms with Gasteiger partial charge in [-0.25, -0.2) is 4.79 Å². The molecule has 0 aliphatic carbocycles. The van der Waals surface area contributed by atoms with Crippen LogP contribution in [0.3, 0.4) is 0 Å². The Kier molecular flexibility index (Phi) is 1.33. The molecule has 59 valence electrons. The number of nitrogens with two attached hydrogens (primary N) is 1. The minimum atomic E-state index is -0.508. The first-order valence-corrected chi connectivity index (χ1v) is 3.42. The molecule has 2 aromatic rings. The number of aromatic nitrogens is 2. The summed E-state index contributed by atoms with van der Waals surface area (Å²) < 4.78 is 1.33. The summed E-state index contributed by atoms with van der Waals surface area (Å²) in [6.07, 6.45) is 3.14. The Labute approximate surface area is 68.6 Å². The van der Waals surface area contributed by atoms with Crippen LogP contribution in [0.4, 0.5) is 4.79 Å². The number of fused-ring (bicyclic) bond motifs is 1. The molecule has 0 atom stereocenters. The van der Waals surface area contributed by atoms with Gasteiger partial charge in [0.1, 0.15) is 0 Å². The number of carbonyl (C=O) groups excluding carboxylic acids is 1. The fourth-order valence-electron chi connectivity index (χ4n) is 1.10. The summed E-state index contributed by atoms with van der Waals surface area (Å²) in [5.41, 5.74) is 6.53. The Balaban J connectivity index is 2.79. The van der Waals surface area contributed by atoms with Gasteiger partial charge < -0.3 is 5.73 Å². The van der Waals surface area contributed by atoms with Gasteiger partial charge in [-0.3, -0.25) is 9.55 Å². The van der Waals surface area contributed by atoms with Gasteiger partial charge in [-0.2, -0.15) is 0 Å². The Morgan fingerprint density at radius 3 is 3.25 bits per heavy atom. The van der Waals surface area contributed by atoms with Crippen molar-refractivity contribution in [2.75, 3.05) is 0 Å². The summed E-state index contributed by atoms with van der Waals surface area (Å²) in [6.45, 7) is 0. The van der Waals surface area contributed by atoms with Gasteiger partial charge in [-0.15, -0.1) is 0 Å². The third kappa shape index (κ3) is 0.852. The zero-order chi connectivity index (χ0) is 8.55. The highest BCUT2D eigenvalue weighted by atomic mass is 16.2. The van der Waals surface area contributed by atoms with Crippen molar-refractivity contribution in [2.45, 2.75) is 0 Å². The number of carbonyl (C=O) groups is 1. The van der Waals surface area contributed by atoms with E-state index < -0.39 is 6.03 Å². The molecule has 0 bridgehead atoms. The van der Waals surface area contributed by atoms with Crippen LogP contribution in [0, 0.1) is 6.07 Å². The quantitative estimate of drug-likeness (QED) is 0.618. The van der Waals surface area contributed by atoms with Gasteiger partial charge in [0.25, 0.3) is 0 Å². The lowest BCUT2D eigenvalue weighted by Crippen LogP contribution is -2.17. The van der Waals surface area contributed by atoms with Gasteiger partial charge >= 0.3 is 6.03 Å². The van der Waals surface area contributed by atoms with Crippen LogP contribution >= 0.6 is 0 Å². The van der Waals surface area contributed by atoms with E-state index in [9.17, 15) is 4.79 Å². The molecule has 1 radical (unpaired) electrons. The number of primary amides is 1. The van der Waals surface area contributed by atoms with Gasteiger partial charge in [0.05, 0.1) is 11.0 Å². The number of nitrogens with zero attached hydrogens (tertiary/aromatic N) is 2. The number of hydrogen-bond acceptors (Lipinski definition) is 2. The molecule has 2 heterocycles. The van der Waals surface area contributed by atoms with Crippen molar-refractivity contribution in [1.29, 1.82) is 0 Å². The second-order valence-corrected chi connectivity index (χ2v) is 2.36. The molecule has 0 saturated heterocycles. The zero-order valence-electron chi connectivity index (χ0n) is 6.19. The molecular weight excluding hydrogens is 154 g/mol. The first-order chi connectivity index (χ1) is 5.79. The van der Waals surface area contributed by atoms with E-state index >= 15 is 0 Å².